The zero-order valence-electron chi connectivity index (χ0n) is 10.9. The second-order valence-electron chi connectivity index (χ2n) is 4.64. The van der Waals surface area contributed by atoms with Crippen LogP contribution in [-0.4, -0.2) is 9.72 Å². The van der Waals surface area contributed by atoms with Crippen LogP contribution in [0, 0.1) is 13.8 Å². The van der Waals surface area contributed by atoms with E-state index in [1.54, 1.807) is 4.57 Å². The molecule has 0 saturated heterocycles. The van der Waals surface area contributed by atoms with Gasteiger partial charge < -0.3 is 9.09 Å². The maximum atomic E-state index is 12.4. The lowest BCUT2D eigenvalue weighted by Gasteiger charge is -2.06. The molecule has 0 aliphatic heterocycles. The molecule has 0 amide bonds. The summed E-state index contributed by atoms with van der Waals surface area (Å²) in [6.07, 6.45) is 1.82. The van der Waals surface area contributed by atoms with Gasteiger partial charge in [-0.2, -0.15) is 0 Å². The summed E-state index contributed by atoms with van der Waals surface area (Å²) in [6.45, 7) is 4.24. The summed E-state index contributed by atoms with van der Waals surface area (Å²) in [5, 5.41) is 5.61. The standard InChI is InChI=1S/C15H14N2O2/c1-10-14(11(2)19-16-10)9-17-8-7-12-5-3-4-6-13(12)15(17)18/h3-8H,9H2,1-2H3. The van der Waals surface area contributed by atoms with Crippen molar-refractivity contribution in [2.24, 2.45) is 0 Å². The lowest BCUT2D eigenvalue weighted by atomic mass is 10.1. The largest absolute Gasteiger partial charge is 0.361 e. The van der Waals surface area contributed by atoms with Gasteiger partial charge in [-0.1, -0.05) is 23.4 Å². The lowest BCUT2D eigenvalue weighted by molar-refractivity contribution is 0.392. The van der Waals surface area contributed by atoms with Crippen LogP contribution in [0.3, 0.4) is 0 Å². The molecule has 0 radical (unpaired) electrons. The van der Waals surface area contributed by atoms with Crippen molar-refractivity contribution in [2.45, 2.75) is 20.4 Å². The average molecular weight is 254 g/mol. The maximum Gasteiger partial charge on any atom is 0.258 e. The highest BCUT2D eigenvalue weighted by Crippen LogP contribution is 2.14. The fourth-order valence-corrected chi connectivity index (χ4v) is 2.25. The monoisotopic (exact) mass is 254 g/mol. The predicted octanol–water partition coefficient (Wildman–Crippen LogP) is 2.65. The second kappa shape index (κ2) is 4.39. The topological polar surface area (TPSA) is 48.0 Å². The Bertz CT molecular complexity index is 780. The van der Waals surface area contributed by atoms with Crippen LogP contribution in [-0.2, 0) is 6.54 Å². The maximum absolute atomic E-state index is 12.4. The first-order valence-corrected chi connectivity index (χ1v) is 6.17. The van der Waals surface area contributed by atoms with Crippen molar-refractivity contribution in [3.8, 4) is 0 Å². The van der Waals surface area contributed by atoms with Gasteiger partial charge in [-0.15, -0.1) is 0 Å². The lowest BCUT2D eigenvalue weighted by Crippen LogP contribution is -2.20. The quantitative estimate of drug-likeness (QED) is 0.706. The number of hydrogen-bond donors (Lipinski definition) is 0. The molecule has 3 rings (SSSR count). The van der Waals surface area contributed by atoms with Gasteiger partial charge in [0.1, 0.15) is 5.76 Å². The van der Waals surface area contributed by atoms with E-state index in [2.05, 4.69) is 5.16 Å². The molecule has 0 fully saturated rings. The molecule has 0 aliphatic rings. The van der Waals surface area contributed by atoms with Gasteiger partial charge in [0.2, 0.25) is 0 Å². The van der Waals surface area contributed by atoms with Crippen LogP contribution in [0.2, 0.25) is 0 Å². The smallest absolute Gasteiger partial charge is 0.258 e. The molecule has 4 nitrogen and oxygen atoms in total. The Labute approximate surface area is 110 Å². The van der Waals surface area contributed by atoms with Crippen LogP contribution in [0.1, 0.15) is 17.0 Å². The molecule has 4 heteroatoms. The summed E-state index contributed by atoms with van der Waals surface area (Å²) < 4.78 is 6.82. The molecule has 0 unspecified atom stereocenters. The van der Waals surface area contributed by atoms with Gasteiger partial charge in [0.25, 0.3) is 5.56 Å². The number of rotatable bonds is 2. The minimum atomic E-state index is 0.0121. The zero-order chi connectivity index (χ0) is 13.4. The Morgan fingerprint density at radius 3 is 2.74 bits per heavy atom. The molecule has 0 spiro atoms. The van der Waals surface area contributed by atoms with Crippen LogP contribution in [0.5, 0.6) is 0 Å². The van der Waals surface area contributed by atoms with Gasteiger partial charge in [-0.3, -0.25) is 4.79 Å². The Morgan fingerprint density at radius 1 is 1.21 bits per heavy atom. The van der Waals surface area contributed by atoms with Crippen LogP contribution in [0.4, 0.5) is 0 Å². The summed E-state index contributed by atoms with van der Waals surface area (Å²) in [7, 11) is 0. The number of hydrogen-bond acceptors (Lipinski definition) is 3. The van der Waals surface area contributed by atoms with E-state index in [4.69, 9.17) is 4.52 Å². The summed E-state index contributed by atoms with van der Waals surface area (Å²) in [5.41, 5.74) is 1.81. The number of fused-ring (bicyclic) bond motifs is 1. The predicted molar refractivity (Wildman–Crippen MR) is 73.3 cm³/mol. The van der Waals surface area contributed by atoms with E-state index in [-0.39, 0.29) is 5.56 Å². The van der Waals surface area contributed by atoms with Gasteiger partial charge in [-0.05, 0) is 31.4 Å². The Kier molecular flexibility index (Phi) is 2.71. The highest BCUT2D eigenvalue weighted by Gasteiger charge is 2.11. The second-order valence-corrected chi connectivity index (χ2v) is 4.64. The van der Waals surface area contributed by atoms with Gasteiger partial charge in [0, 0.05) is 17.1 Å². The van der Waals surface area contributed by atoms with Gasteiger partial charge in [0.05, 0.1) is 12.2 Å². The molecule has 2 heterocycles. The molecule has 3 aromatic rings. The summed E-state index contributed by atoms with van der Waals surface area (Å²) in [6, 6.07) is 9.55. The molecule has 2 aromatic heterocycles. The van der Waals surface area contributed by atoms with E-state index in [9.17, 15) is 4.79 Å². The Morgan fingerprint density at radius 2 is 2.00 bits per heavy atom. The molecule has 1 aromatic carbocycles. The number of benzene rings is 1. The first kappa shape index (κ1) is 11.7. The fourth-order valence-electron chi connectivity index (χ4n) is 2.25. The Balaban J connectivity index is 2.12. The fraction of sp³-hybridized carbons (Fsp3) is 0.200. The van der Waals surface area contributed by atoms with E-state index in [0.717, 1.165) is 27.8 Å². The average Bonchev–Trinajstić information content (AvgIpc) is 2.74. The third-order valence-electron chi connectivity index (χ3n) is 3.40. The van der Waals surface area contributed by atoms with Crippen LogP contribution < -0.4 is 5.56 Å². The van der Waals surface area contributed by atoms with Crippen molar-refractivity contribution in [3.63, 3.8) is 0 Å². The molecule has 0 aliphatic carbocycles. The van der Waals surface area contributed by atoms with Crippen LogP contribution in [0.25, 0.3) is 10.8 Å². The highest BCUT2D eigenvalue weighted by atomic mass is 16.5. The highest BCUT2D eigenvalue weighted by molar-refractivity contribution is 5.81. The van der Waals surface area contributed by atoms with E-state index < -0.39 is 0 Å². The molecule has 0 atom stereocenters. The zero-order valence-corrected chi connectivity index (χ0v) is 10.9. The molecular formula is C15H14N2O2. The third kappa shape index (κ3) is 1.95. The van der Waals surface area contributed by atoms with Gasteiger partial charge in [-0.25, -0.2) is 0 Å². The van der Waals surface area contributed by atoms with E-state index in [1.165, 1.54) is 0 Å². The third-order valence-corrected chi connectivity index (χ3v) is 3.40. The van der Waals surface area contributed by atoms with E-state index in [1.807, 2.05) is 50.4 Å². The molecular weight excluding hydrogens is 240 g/mol. The number of nitrogens with zero attached hydrogens (tertiary/aromatic N) is 2. The first-order valence-electron chi connectivity index (χ1n) is 6.17. The van der Waals surface area contributed by atoms with Crippen molar-refractivity contribution in [1.82, 2.24) is 9.72 Å². The van der Waals surface area contributed by atoms with Crippen molar-refractivity contribution < 1.29 is 4.52 Å². The number of aromatic nitrogens is 2. The van der Waals surface area contributed by atoms with E-state index >= 15 is 0 Å². The number of pyridine rings is 1. The van der Waals surface area contributed by atoms with Crippen molar-refractivity contribution in [3.05, 3.63) is 63.9 Å². The number of aryl methyl sites for hydroxylation is 2. The summed E-state index contributed by atoms with van der Waals surface area (Å²) in [5.74, 6) is 0.762. The molecule has 96 valence electrons. The van der Waals surface area contributed by atoms with Crippen molar-refractivity contribution in [1.29, 1.82) is 0 Å². The van der Waals surface area contributed by atoms with Gasteiger partial charge >= 0.3 is 0 Å². The molecule has 19 heavy (non-hydrogen) atoms. The van der Waals surface area contributed by atoms with Crippen molar-refractivity contribution in [2.75, 3.05) is 0 Å². The van der Waals surface area contributed by atoms with Crippen LogP contribution >= 0.6 is 0 Å². The van der Waals surface area contributed by atoms with E-state index in [0.29, 0.717) is 6.54 Å². The minimum Gasteiger partial charge on any atom is -0.361 e. The SMILES string of the molecule is Cc1noc(C)c1Cn1ccc2ccccc2c1=O. The van der Waals surface area contributed by atoms with Crippen molar-refractivity contribution >= 4 is 10.8 Å². The van der Waals surface area contributed by atoms with Crippen LogP contribution in [0.15, 0.2) is 45.8 Å². The molecule has 0 N–H and O–H groups in total. The first-order chi connectivity index (χ1) is 9.16. The normalized spacial score (nSPS) is 11.1. The van der Waals surface area contributed by atoms with Gasteiger partial charge in [0.15, 0.2) is 0 Å². The summed E-state index contributed by atoms with van der Waals surface area (Å²) in [4.78, 5) is 12.4. The molecule has 0 saturated carbocycles. The molecule has 0 bridgehead atoms. The minimum absolute atomic E-state index is 0.0121. The Hall–Kier alpha value is -2.36. The summed E-state index contributed by atoms with van der Waals surface area (Å²) >= 11 is 0.